The van der Waals surface area contributed by atoms with Gasteiger partial charge in [0.15, 0.2) is 5.75 Å². The van der Waals surface area contributed by atoms with Crippen molar-refractivity contribution in [1.29, 1.82) is 0 Å². The predicted octanol–water partition coefficient (Wildman–Crippen LogP) is 0.188. The van der Waals surface area contributed by atoms with E-state index in [0.717, 1.165) is 6.07 Å². The maximum atomic E-state index is 12.8. The van der Waals surface area contributed by atoms with E-state index in [4.69, 9.17) is 15.2 Å². The van der Waals surface area contributed by atoms with E-state index in [1.807, 2.05) is 0 Å². The third kappa shape index (κ3) is 2.33. The van der Waals surface area contributed by atoms with Crippen LogP contribution in [0.15, 0.2) is 12.1 Å². The highest BCUT2D eigenvalue weighted by molar-refractivity contribution is 6.33. The molecule has 1 aromatic rings. The van der Waals surface area contributed by atoms with Gasteiger partial charge in [-0.1, -0.05) is 0 Å². The summed E-state index contributed by atoms with van der Waals surface area (Å²) in [6, 6.07) is 2.01. The van der Waals surface area contributed by atoms with Crippen molar-refractivity contribution in [1.82, 2.24) is 0 Å². The predicted molar refractivity (Wildman–Crippen MR) is 43.6 cm³/mol. The van der Waals surface area contributed by atoms with Crippen LogP contribution in [0.25, 0.3) is 0 Å². The highest BCUT2D eigenvalue weighted by Crippen LogP contribution is 2.28. The minimum atomic E-state index is -2.03. The number of hydrogen-bond acceptors (Lipinski definition) is 4. The molecule has 0 aromatic heterocycles. The monoisotopic (exact) mass is 186 g/mol. The van der Waals surface area contributed by atoms with Gasteiger partial charge in [-0.15, -0.1) is 0 Å². The maximum absolute atomic E-state index is 12.8. The van der Waals surface area contributed by atoms with Crippen LogP contribution in [0.2, 0.25) is 0 Å². The van der Waals surface area contributed by atoms with Crippen LogP contribution in [0.5, 0.6) is 11.5 Å². The molecule has 0 saturated heterocycles. The van der Waals surface area contributed by atoms with E-state index >= 15 is 0 Å². The summed E-state index contributed by atoms with van der Waals surface area (Å²) >= 11 is 0. The van der Waals surface area contributed by atoms with Gasteiger partial charge in [-0.2, -0.15) is 0 Å². The zero-order chi connectivity index (χ0) is 10.0. The van der Waals surface area contributed by atoms with Gasteiger partial charge < -0.3 is 19.8 Å². The van der Waals surface area contributed by atoms with Gasteiger partial charge in [-0.3, -0.25) is 0 Å². The van der Waals surface area contributed by atoms with Crippen LogP contribution in [0.1, 0.15) is 5.56 Å². The van der Waals surface area contributed by atoms with Crippen molar-refractivity contribution >= 4 is 7.32 Å². The lowest BCUT2D eigenvalue weighted by Gasteiger charge is -2.07. The van der Waals surface area contributed by atoms with Crippen LogP contribution in [0.4, 0.5) is 4.39 Å². The molecule has 0 aliphatic rings. The highest BCUT2D eigenvalue weighted by Gasteiger charge is 2.15. The normalized spacial score (nSPS) is 9.85. The molecule has 0 heterocycles. The molecule has 0 radical (unpaired) electrons. The Morgan fingerprint density at radius 3 is 2.54 bits per heavy atom. The summed E-state index contributed by atoms with van der Waals surface area (Å²) in [5.74, 6) is -1.23. The van der Waals surface area contributed by atoms with Crippen molar-refractivity contribution in [2.24, 2.45) is 0 Å². The first kappa shape index (κ1) is 9.82. The fraction of sp³-hybridized carbons (Fsp3) is 0.143. The zero-order valence-electron chi connectivity index (χ0n) is 6.86. The topological polar surface area (TPSA) is 69.9 Å². The van der Waals surface area contributed by atoms with E-state index in [1.165, 1.54) is 13.0 Å². The molecule has 0 spiro atoms. The van der Waals surface area contributed by atoms with Gasteiger partial charge in [0.25, 0.3) is 0 Å². The molecule has 0 amide bonds. The molecule has 1 aromatic carbocycles. The number of benzene rings is 1. The second-order valence-corrected chi connectivity index (χ2v) is 2.51. The van der Waals surface area contributed by atoms with Crippen LogP contribution in [-0.2, 0) is 0 Å². The Morgan fingerprint density at radius 2 is 2.00 bits per heavy atom. The second kappa shape index (κ2) is 3.63. The van der Waals surface area contributed by atoms with Crippen molar-refractivity contribution in [2.75, 3.05) is 0 Å². The smallest absolute Gasteiger partial charge is 0.509 e. The summed E-state index contributed by atoms with van der Waals surface area (Å²) < 4.78 is 17.1. The standard InChI is InChI=1S/C7H8BFO4/c1-4-2-7(13-8(11)12)6(10)3-5(4)9/h2-3,10-12H,1H3. The molecular weight excluding hydrogens is 178 g/mol. The van der Waals surface area contributed by atoms with Gasteiger partial charge in [-0.25, -0.2) is 4.39 Å². The zero-order valence-corrected chi connectivity index (χ0v) is 6.86. The Hall–Kier alpha value is -1.27. The van der Waals surface area contributed by atoms with Crippen LogP contribution in [0.3, 0.4) is 0 Å². The van der Waals surface area contributed by atoms with Crippen molar-refractivity contribution < 1.29 is 24.2 Å². The first-order chi connectivity index (χ1) is 6.00. The third-order valence-corrected chi connectivity index (χ3v) is 1.47. The molecule has 70 valence electrons. The Balaban J connectivity index is 3.01. The number of rotatable bonds is 2. The summed E-state index contributed by atoms with van der Waals surface area (Å²) in [6.45, 7) is 1.46. The van der Waals surface area contributed by atoms with Gasteiger partial charge in [0.05, 0.1) is 0 Å². The first-order valence-corrected chi connectivity index (χ1v) is 3.52. The molecule has 0 saturated carbocycles. The maximum Gasteiger partial charge on any atom is 0.707 e. The molecule has 0 unspecified atom stereocenters. The number of phenolic OH excluding ortho intramolecular Hbond substituents is 1. The van der Waals surface area contributed by atoms with Crippen LogP contribution >= 0.6 is 0 Å². The van der Waals surface area contributed by atoms with Crippen LogP contribution in [-0.4, -0.2) is 22.5 Å². The molecule has 1 rings (SSSR count). The molecule has 0 atom stereocenters. The number of hydrogen-bond donors (Lipinski definition) is 3. The summed E-state index contributed by atoms with van der Waals surface area (Å²) in [6.07, 6.45) is 0. The van der Waals surface area contributed by atoms with Gasteiger partial charge in [-0.05, 0) is 18.6 Å². The fourth-order valence-corrected chi connectivity index (χ4v) is 0.852. The second-order valence-electron chi connectivity index (χ2n) is 2.51. The highest BCUT2D eigenvalue weighted by atomic mass is 19.1. The van der Waals surface area contributed by atoms with Crippen molar-refractivity contribution in [3.8, 4) is 11.5 Å². The number of halogens is 1. The SMILES string of the molecule is Cc1cc(OB(O)O)c(O)cc1F. The molecule has 0 aliphatic heterocycles. The molecule has 4 nitrogen and oxygen atoms in total. The van der Waals surface area contributed by atoms with E-state index < -0.39 is 18.9 Å². The van der Waals surface area contributed by atoms with E-state index in [-0.39, 0.29) is 11.3 Å². The van der Waals surface area contributed by atoms with Gasteiger partial charge in [0.1, 0.15) is 11.6 Å². The lowest BCUT2D eigenvalue weighted by atomic mass is 10.2. The van der Waals surface area contributed by atoms with Crippen molar-refractivity contribution in [3.05, 3.63) is 23.5 Å². The molecule has 3 N–H and O–H groups in total. The van der Waals surface area contributed by atoms with Gasteiger partial charge >= 0.3 is 7.32 Å². The Morgan fingerprint density at radius 1 is 1.38 bits per heavy atom. The van der Waals surface area contributed by atoms with Crippen LogP contribution < -0.4 is 4.65 Å². The average molecular weight is 186 g/mol. The van der Waals surface area contributed by atoms with E-state index in [0.29, 0.717) is 0 Å². The number of phenols is 1. The lowest BCUT2D eigenvalue weighted by Crippen LogP contribution is -2.20. The largest absolute Gasteiger partial charge is 0.707 e. The van der Waals surface area contributed by atoms with Crippen LogP contribution in [0, 0.1) is 12.7 Å². The molecule has 13 heavy (non-hydrogen) atoms. The van der Waals surface area contributed by atoms with Gasteiger partial charge in [0, 0.05) is 6.07 Å². The Labute approximate surface area is 74.4 Å². The molecule has 6 heteroatoms. The lowest BCUT2D eigenvalue weighted by molar-refractivity contribution is 0.280. The van der Waals surface area contributed by atoms with Crippen molar-refractivity contribution in [3.63, 3.8) is 0 Å². The molecule has 0 bridgehead atoms. The van der Waals surface area contributed by atoms with E-state index in [9.17, 15) is 4.39 Å². The Kier molecular flexibility index (Phi) is 2.74. The van der Waals surface area contributed by atoms with E-state index in [1.54, 1.807) is 0 Å². The molecule has 0 fully saturated rings. The summed E-state index contributed by atoms with van der Waals surface area (Å²) in [5, 5.41) is 25.9. The average Bonchev–Trinajstić information content (AvgIpc) is 1.99. The number of aromatic hydroxyl groups is 1. The molecular formula is C7H8BFO4. The van der Waals surface area contributed by atoms with Gasteiger partial charge in [0.2, 0.25) is 0 Å². The molecule has 0 aliphatic carbocycles. The fourth-order valence-electron chi connectivity index (χ4n) is 0.852. The minimum absolute atomic E-state index is 0.172. The van der Waals surface area contributed by atoms with Crippen molar-refractivity contribution in [2.45, 2.75) is 6.92 Å². The summed E-state index contributed by atoms with van der Waals surface area (Å²) in [7, 11) is -2.03. The Bertz CT molecular complexity index is 316. The number of aryl methyl sites for hydroxylation is 1. The quantitative estimate of drug-likeness (QED) is 0.576. The summed E-state index contributed by atoms with van der Waals surface area (Å²) in [4.78, 5) is 0. The summed E-state index contributed by atoms with van der Waals surface area (Å²) in [5.41, 5.74) is 0.244. The first-order valence-electron chi connectivity index (χ1n) is 3.52. The minimum Gasteiger partial charge on any atom is -0.509 e. The third-order valence-electron chi connectivity index (χ3n) is 1.47. The van der Waals surface area contributed by atoms with E-state index in [2.05, 4.69) is 4.65 Å².